The Bertz CT molecular complexity index is 772. The molecule has 0 saturated heterocycles. The van der Waals surface area contributed by atoms with Crippen LogP contribution >= 0.6 is 22.9 Å². The van der Waals surface area contributed by atoms with Gasteiger partial charge in [-0.05, 0) is 30.3 Å². The van der Waals surface area contributed by atoms with E-state index in [1.54, 1.807) is 0 Å². The molecule has 2 rings (SSSR count). The summed E-state index contributed by atoms with van der Waals surface area (Å²) in [5, 5.41) is 8.62. The van der Waals surface area contributed by atoms with Crippen molar-refractivity contribution in [3.63, 3.8) is 0 Å². The van der Waals surface area contributed by atoms with E-state index in [0.717, 1.165) is 6.07 Å². The number of benzene rings is 1. The average Bonchev–Trinajstić information content (AvgIpc) is 2.84. The lowest BCUT2D eigenvalue weighted by Gasteiger charge is -2.06. The van der Waals surface area contributed by atoms with Crippen LogP contribution in [0.15, 0.2) is 34.5 Å². The van der Waals surface area contributed by atoms with Crippen LogP contribution in [0.1, 0.15) is 9.67 Å². The van der Waals surface area contributed by atoms with Gasteiger partial charge in [0.2, 0.25) is 0 Å². The molecule has 2 N–H and O–H groups in total. The molecule has 0 aliphatic heterocycles. The molecule has 0 atom stereocenters. The summed E-state index contributed by atoms with van der Waals surface area (Å²) in [6, 6.07) is 5.80. The summed E-state index contributed by atoms with van der Waals surface area (Å²) in [6.45, 7) is 0. The highest BCUT2D eigenvalue weighted by molar-refractivity contribution is 7.94. The smallest absolute Gasteiger partial charge is 0.345 e. The van der Waals surface area contributed by atoms with Gasteiger partial charge >= 0.3 is 5.97 Å². The Kier molecular flexibility index (Phi) is 3.98. The zero-order valence-corrected chi connectivity index (χ0v) is 12.0. The second-order valence-electron chi connectivity index (χ2n) is 3.66. The molecule has 0 aliphatic rings. The van der Waals surface area contributed by atoms with E-state index in [2.05, 4.69) is 4.72 Å². The molecule has 9 heteroatoms. The van der Waals surface area contributed by atoms with Crippen LogP contribution in [0.3, 0.4) is 0 Å². The Hall–Kier alpha value is -1.64. The minimum atomic E-state index is -3.96. The number of rotatable bonds is 4. The van der Waals surface area contributed by atoms with E-state index in [1.807, 2.05) is 0 Å². The highest BCUT2D eigenvalue weighted by atomic mass is 35.5. The largest absolute Gasteiger partial charge is 0.477 e. The minimum absolute atomic E-state index is 0.00262. The standard InChI is InChI=1S/C11H7ClFNO4S2/c12-7-2-1-6(5-8(7)13)14-20(17,18)10-4-3-9(19-10)11(15)16/h1-5,14H,(H,15,16). The normalized spacial score (nSPS) is 11.3. The first-order chi connectivity index (χ1) is 9.29. The maximum Gasteiger partial charge on any atom is 0.345 e. The molecule has 0 spiro atoms. The van der Waals surface area contributed by atoms with Crippen LogP contribution in [0.25, 0.3) is 0 Å². The molecule has 0 unspecified atom stereocenters. The Morgan fingerprint density at radius 1 is 1.30 bits per heavy atom. The third-order valence-corrected chi connectivity index (χ3v) is 5.48. The number of nitrogens with one attached hydrogen (secondary N) is 1. The third-order valence-electron chi connectivity index (χ3n) is 2.23. The first-order valence-electron chi connectivity index (χ1n) is 5.10. The molecule has 0 aliphatic carbocycles. The Balaban J connectivity index is 2.30. The highest BCUT2D eigenvalue weighted by Gasteiger charge is 2.19. The van der Waals surface area contributed by atoms with Gasteiger partial charge in [0.1, 0.15) is 14.9 Å². The van der Waals surface area contributed by atoms with Crippen LogP contribution < -0.4 is 4.72 Å². The number of halogens is 2. The minimum Gasteiger partial charge on any atom is -0.477 e. The lowest BCUT2D eigenvalue weighted by atomic mass is 10.3. The molecule has 0 saturated carbocycles. The summed E-state index contributed by atoms with van der Waals surface area (Å²) in [7, 11) is -3.96. The molecule has 0 amide bonds. The number of hydrogen-bond acceptors (Lipinski definition) is 4. The molecular weight excluding hydrogens is 329 g/mol. The van der Waals surface area contributed by atoms with Crippen LogP contribution in [-0.2, 0) is 10.0 Å². The summed E-state index contributed by atoms with van der Waals surface area (Å²) in [5.74, 6) is -1.97. The molecule has 5 nitrogen and oxygen atoms in total. The highest BCUT2D eigenvalue weighted by Crippen LogP contribution is 2.25. The van der Waals surface area contributed by atoms with E-state index in [0.29, 0.717) is 11.3 Å². The van der Waals surface area contributed by atoms with E-state index in [9.17, 15) is 17.6 Å². The van der Waals surface area contributed by atoms with Gasteiger partial charge in [-0.1, -0.05) is 11.6 Å². The molecule has 0 fully saturated rings. The fraction of sp³-hybridized carbons (Fsp3) is 0. The van der Waals surface area contributed by atoms with Crippen molar-refractivity contribution < 1.29 is 22.7 Å². The van der Waals surface area contributed by atoms with Crippen molar-refractivity contribution in [3.05, 3.63) is 46.0 Å². The van der Waals surface area contributed by atoms with Crippen molar-refractivity contribution in [2.75, 3.05) is 4.72 Å². The fourth-order valence-corrected chi connectivity index (χ4v) is 3.66. The summed E-state index contributed by atoms with van der Waals surface area (Å²) < 4.78 is 39.2. The van der Waals surface area contributed by atoms with Crippen molar-refractivity contribution >= 4 is 44.6 Å². The van der Waals surface area contributed by atoms with Crippen LogP contribution in [0.2, 0.25) is 5.02 Å². The molecule has 106 valence electrons. The second-order valence-corrected chi connectivity index (χ2v) is 7.06. The number of aromatic carboxylic acids is 1. The number of anilines is 1. The maximum absolute atomic E-state index is 13.2. The average molecular weight is 336 g/mol. The topological polar surface area (TPSA) is 83.5 Å². The fourth-order valence-electron chi connectivity index (χ4n) is 1.34. The molecule has 1 aromatic heterocycles. The Labute approximate surface area is 122 Å². The lowest BCUT2D eigenvalue weighted by molar-refractivity contribution is 0.0702. The van der Waals surface area contributed by atoms with Gasteiger partial charge in [0.15, 0.2) is 0 Å². The van der Waals surface area contributed by atoms with Crippen molar-refractivity contribution in [1.29, 1.82) is 0 Å². The summed E-state index contributed by atoms with van der Waals surface area (Å²) in [6.07, 6.45) is 0. The van der Waals surface area contributed by atoms with E-state index in [1.165, 1.54) is 24.3 Å². The van der Waals surface area contributed by atoms with Crippen LogP contribution in [-0.4, -0.2) is 19.5 Å². The van der Waals surface area contributed by atoms with Gasteiger partial charge < -0.3 is 5.11 Å². The van der Waals surface area contributed by atoms with Gasteiger partial charge in [-0.15, -0.1) is 11.3 Å². The number of sulfonamides is 1. The van der Waals surface area contributed by atoms with Crippen LogP contribution in [0, 0.1) is 5.82 Å². The SMILES string of the molecule is O=C(O)c1ccc(S(=O)(=O)Nc2ccc(Cl)c(F)c2)s1. The first kappa shape index (κ1) is 14.8. The van der Waals surface area contributed by atoms with Crippen molar-refractivity contribution in [3.8, 4) is 0 Å². The lowest BCUT2D eigenvalue weighted by Crippen LogP contribution is -2.11. The van der Waals surface area contributed by atoms with E-state index in [4.69, 9.17) is 16.7 Å². The van der Waals surface area contributed by atoms with Gasteiger partial charge in [-0.25, -0.2) is 17.6 Å². The van der Waals surface area contributed by atoms with Crippen molar-refractivity contribution in [2.24, 2.45) is 0 Å². The molecule has 20 heavy (non-hydrogen) atoms. The van der Waals surface area contributed by atoms with E-state index < -0.39 is 21.8 Å². The van der Waals surface area contributed by atoms with E-state index >= 15 is 0 Å². The number of carboxylic acid groups (broad SMARTS) is 1. The number of carboxylic acids is 1. The van der Waals surface area contributed by atoms with Crippen molar-refractivity contribution in [1.82, 2.24) is 0 Å². The molecule has 0 radical (unpaired) electrons. The van der Waals surface area contributed by atoms with Crippen LogP contribution in [0.5, 0.6) is 0 Å². The van der Waals surface area contributed by atoms with Gasteiger partial charge in [0, 0.05) is 0 Å². The molecule has 0 bridgehead atoms. The third kappa shape index (κ3) is 3.09. The summed E-state index contributed by atoms with van der Waals surface area (Å²) in [5.41, 5.74) is -0.00262. The first-order valence-corrected chi connectivity index (χ1v) is 7.78. The number of hydrogen-bond donors (Lipinski definition) is 2. The quantitative estimate of drug-likeness (QED) is 0.899. The summed E-state index contributed by atoms with van der Waals surface area (Å²) in [4.78, 5) is 10.6. The monoisotopic (exact) mass is 335 g/mol. The van der Waals surface area contributed by atoms with Gasteiger partial charge in [-0.2, -0.15) is 0 Å². The number of carbonyl (C=O) groups is 1. The van der Waals surface area contributed by atoms with Crippen molar-refractivity contribution in [2.45, 2.75) is 4.21 Å². The molecule has 1 heterocycles. The maximum atomic E-state index is 13.2. The van der Waals surface area contributed by atoms with Crippen LogP contribution in [0.4, 0.5) is 10.1 Å². The number of thiophene rings is 1. The second kappa shape index (κ2) is 5.39. The molecule has 2 aromatic rings. The van der Waals surface area contributed by atoms with Gasteiger partial charge in [0.25, 0.3) is 10.0 Å². The Morgan fingerprint density at radius 2 is 2.00 bits per heavy atom. The van der Waals surface area contributed by atoms with E-state index in [-0.39, 0.29) is 19.8 Å². The van der Waals surface area contributed by atoms with Gasteiger partial charge in [-0.3, -0.25) is 4.72 Å². The van der Waals surface area contributed by atoms with Gasteiger partial charge in [0.05, 0.1) is 10.7 Å². The molecular formula is C11H7ClFNO4S2. The zero-order chi connectivity index (χ0) is 14.9. The molecule has 1 aromatic carbocycles. The Morgan fingerprint density at radius 3 is 2.55 bits per heavy atom. The predicted molar refractivity (Wildman–Crippen MR) is 73.5 cm³/mol. The summed E-state index contributed by atoms with van der Waals surface area (Å²) >= 11 is 6.10. The zero-order valence-electron chi connectivity index (χ0n) is 9.63. The predicted octanol–water partition coefficient (Wildman–Crippen LogP) is 3.04.